The van der Waals surface area contributed by atoms with E-state index in [4.69, 9.17) is 9.05 Å². The van der Waals surface area contributed by atoms with Gasteiger partial charge in [-0.3, -0.25) is 0 Å². The number of hydrogen-bond donors (Lipinski definition) is 1. The average molecular weight is 231 g/mol. The summed E-state index contributed by atoms with van der Waals surface area (Å²) in [5, 5.41) is 0. The van der Waals surface area contributed by atoms with Crippen LogP contribution >= 0.6 is 19.2 Å². The van der Waals surface area contributed by atoms with Crippen molar-refractivity contribution in [2.45, 2.75) is 20.5 Å². The van der Waals surface area contributed by atoms with Crippen molar-refractivity contribution in [1.82, 2.24) is 4.98 Å². The second-order valence-electron chi connectivity index (χ2n) is 3.43. The summed E-state index contributed by atoms with van der Waals surface area (Å²) in [7, 11) is 0. The van der Waals surface area contributed by atoms with Gasteiger partial charge in [-0.15, -0.1) is 0 Å². The molecule has 3 nitrogen and oxygen atoms in total. The second kappa shape index (κ2) is 3.69. The SMILES string of the molecule is CC[PH]1(S)OCc2cc(C)cnc2O1. The van der Waals surface area contributed by atoms with E-state index >= 15 is 0 Å². The fourth-order valence-corrected chi connectivity index (χ4v) is 3.09. The van der Waals surface area contributed by atoms with Gasteiger partial charge in [-0.25, -0.2) is 0 Å². The number of hydrogen-bond acceptors (Lipinski definition) is 4. The zero-order chi connectivity index (χ0) is 10.2. The molecule has 2 rings (SSSR count). The molecule has 1 aromatic rings. The number of fused-ring (bicyclic) bond motifs is 1. The first-order valence-electron chi connectivity index (χ1n) is 4.64. The molecular formula is C9H14NO2PS. The van der Waals surface area contributed by atoms with Crippen LogP contribution in [-0.2, 0) is 11.1 Å². The van der Waals surface area contributed by atoms with Gasteiger partial charge in [0.25, 0.3) is 0 Å². The van der Waals surface area contributed by atoms with E-state index in [1.54, 1.807) is 0 Å². The predicted molar refractivity (Wildman–Crippen MR) is 62.2 cm³/mol. The van der Waals surface area contributed by atoms with Crippen molar-refractivity contribution >= 4 is 19.2 Å². The minimum absolute atomic E-state index is 0.577. The maximum atomic E-state index is 5.69. The van der Waals surface area contributed by atoms with Gasteiger partial charge in [-0.1, -0.05) is 0 Å². The van der Waals surface area contributed by atoms with Crippen molar-refractivity contribution in [2.75, 3.05) is 6.16 Å². The third kappa shape index (κ3) is 1.88. The van der Waals surface area contributed by atoms with E-state index in [2.05, 4.69) is 17.2 Å². The average Bonchev–Trinajstić information content (AvgIpc) is 2.19. The van der Waals surface area contributed by atoms with E-state index in [-0.39, 0.29) is 0 Å². The third-order valence-corrected chi connectivity index (χ3v) is 5.83. The first-order chi connectivity index (χ1) is 6.63. The van der Waals surface area contributed by atoms with Crippen LogP contribution in [0.1, 0.15) is 18.1 Å². The Morgan fingerprint density at radius 1 is 1.64 bits per heavy atom. The fourth-order valence-electron chi connectivity index (χ4n) is 1.36. The molecule has 0 radical (unpaired) electrons. The molecule has 14 heavy (non-hydrogen) atoms. The maximum absolute atomic E-state index is 5.69. The summed E-state index contributed by atoms with van der Waals surface area (Å²) in [6.07, 6.45) is 2.63. The molecule has 1 aromatic heterocycles. The number of aryl methyl sites for hydroxylation is 1. The van der Waals surface area contributed by atoms with Crippen molar-refractivity contribution in [3.8, 4) is 5.88 Å². The van der Waals surface area contributed by atoms with Gasteiger partial charge in [-0.05, 0) is 0 Å². The van der Waals surface area contributed by atoms with E-state index in [0.29, 0.717) is 12.5 Å². The van der Waals surface area contributed by atoms with Gasteiger partial charge in [0, 0.05) is 0 Å². The third-order valence-electron chi connectivity index (χ3n) is 2.22. The van der Waals surface area contributed by atoms with Crippen molar-refractivity contribution in [3.63, 3.8) is 0 Å². The molecule has 0 unspecified atom stereocenters. The molecule has 0 fully saturated rings. The Kier molecular flexibility index (Phi) is 2.69. The first-order valence-corrected chi connectivity index (χ1v) is 7.95. The molecule has 0 saturated heterocycles. The summed E-state index contributed by atoms with van der Waals surface area (Å²) in [4.78, 5) is 4.25. The van der Waals surface area contributed by atoms with Gasteiger partial charge in [0.2, 0.25) is 0 Å². The van der Waals surface area contributed by atoms with E-state index in [0.717, 1.165) is 17.3 Å². The molecular weight excluding hydrogens is 217 g/mol. The number of thiol groups is 1. The van der Waals surface area contributed by atoms with E-state index in [1.165, 1.54) is 0 Å². The van der Waals surface area contributed by atoms with Gasteiger partial charge in [-0.2, -0.15) is 0 Å². The molecule has 0 spiro atoms. The zero-order valence-corrected chi connectivity index (χ0v) is 10.2. The molecule has 78 valence electrons. The molecule has 1 aliphatic rings. The molecule has 2 heterocycles. The summed E-state index contributed by atoms with van der Waals surface area (Å²) < 4.78 is 11.3. The van der Waals surface area contributed by atoms with E-state index in [1.807, 2.05) is 26.1 Å². The fraction of sp³-hybridized carbons (Fsp3) is 0.444. The van der Waals surface area contributed by atoms with Crippen LogP contribution in [0.2, 0.25) is 0 Å². The number of nitrogens with zero attached hydrogens (tertiary/aromatic N) is 1. The van der Waals surface area contributed by atoms with Crippen LogP contribution in [0.5, 0.6) is 5.88 Å². The topological polar surface area (TPSA) is 31.4 Å². The Hall–Kier alpha value is -0.310. The van der Waals surface area contributed by atoms with E-state index in [9.17, 15) is 0 Å². The summed E-state index contributed by atoms with van der Waals surface area (Å²) in [6, 6.07) is 2.04. The van der Waals surface area contributed by atoms with Crippen molar-refractivity contribution in [1.29, 1.82) is 0 Å². The molecule has 5 heteroatoms. The molecule has 0 atom stereocenters. The standard InChI is InChI=1S/C9H14NO2PS/c1-3-13(14)11-6-8-4-7(2)5-10-9(8)12-13/h4-5,13-14H,3,6H2,1-2H3. The van der Waals surface area contributed by atoms with Gasteiger partial charge >= 0.3 is 89.1 Å². The number of rotatable bonds is 1. The quantitative estimate of drug-likeness (QED) is 0.595. The summed E-state index contributed by atoms with van der Waals surface area (Å²) in [6.45, 7) is 2.36. The Morgan fingerprint density at radius 2 is 2.43 bits per heavy atom. The molecule has 0 N–H and O–H groups in total. The normalized spacial score (nSPS) is 20.8. The molecule has 0 bridgehead atoms. The number of aromatic nitrogens is 1. The Morgan fingerprint density at radius 3 is 3.14 bits per heavy atom. The van der Waals surface area contributed by atoms with Crippen molar-refractivity contribution < 1.29 is 9.05 Å². The molecule has 1 aliphatic heterocycles. The van der Waals surface area contributed by atoms with Crippen LogP contribution in [0.25, 0.3) is 0 Å². The summed E-state index contributed by atoms with van der Waals surface area (Å²) in [5.74, 6) is 0.699. The van der Waals surface area contributed by atoms with Gasteiger partial charge in [0.05, 0.1) is 0 Å². The van der Waals surface area contributed by atoms with Gasteiger partial charge in [0.1, 0.15) is 0 Å². The van der Waals surface area contributed by atoms with Crippen LogP contribution in [-0.4, -0.2) is 11.1 Å². The Balaban J connectivity index is 2.31. The summed E-state index contributed by atoms with van der Waals surface area (Å²) >= 11 is 4.45. The predicted octanol–water partition coefficient (Wildman–Crippen LogP) is 2.74. The second-order valence-corrected chi connectivity index (χ2v) is 8.10. The Labute approximate surface area is 89.5 Å². The van der Waals surface area contributed by atoms with Crippen molar-refractivity contribution in [3.05, 3.63) is 23.4 Å². The first kappa shape index (κ1) is 10.2. The van der Waals surface area contributed by atoms with Crippen LogP contribution in [0, 0.1) is 6.92 Å². The van der Waals surface area contributed by atoms with Gasteiger partial charge < -0.3 is 0 Å². The van der Waals surface area contributed by atoms with Crippen LogP contribution < -0.4 is 4.52 Å². The zero-order valence-electron chi connectivity index (χ0n) is 8.28. The number of pyridine rings is 1. The van der Waals surface area contributed by atoms with Gasteiger partial charge in [0.15, 0.2) is 0 Å². The molecule has 0 aliphatic carbocycles. The monoisotopic (exact) mass is 231 g/mol. The van der Waals surface area contributed by atoms with E-state index < -0.39 is 6.92 Å². The molecule has 0 saturated carbocycles. The van der Waals surface area contributed by atoms with Crippen LogP contribution in [0.15, 0.2) is 12.3 Å². The molecule has 0 aromatic carbocycles. The van der Waals surface area contributed by atoms with Crippen molar-refractivity contribution in [2.24, 2.45) is 0 Å². The summed E-state index contributed by atoms with van der Waals surface area (Å²) in [5.41, 5.74) is 2.15. The minimum atomic E-state index is -2.25. The van der Waals surface area contributed by atoms with Crippen LogP contribution in [0.4, 0.5) is 0 Å². The molecule has 0 amide bonds. The Bertz CT molecular complexity index is 361. The van der Waals surface area contributed by atoms with Crippen LogP contribution in [0.3, 0.4) is 0 Å².